The second kappa shape index (κ2) is 14.1. The highest BCUT2D eigenvalue weighted by Gasteiger charge is 2.26. The quantitative estimate of drug-likeness (QED) is 0.149. The first-order valence-electron chi connectivity index (χ1n) is 30.3. The Hall–Kier alpha value is -8.42. The molecule has 3 aromatic heterocycles. The van der Waals surface area contributed by atoms with Gasteiger partial charge in [-0.05, 0) is 44.8 Å². The predicted molar refractivity (Wildman–Crippen MR) is 246 cm³/mol. The fourth-order valence-corrected chi connectivity index (χ4v) is 7.39. The fourth-order valence-electron chi connectivity index (χ4n) is 7.39. The molecule has 0 fully saturated rings. The molecule has 12 aromatic rings. The lowest BCUT2D eigenvalue weighted by atomic mass is 9.93. The minimum Gasteiger partial charge on any atom is -0.277 e. The van der Waals surface area contributed by atoms with Crippen LogP contribution < -0.4 is 0 Å². The van der Waals surface area contributed by atoms with Crippen molar-refractivity contribution in [3.63, 3.8) is 0 Å². The molecule has 9 aromatic carbocycles. The standard InChI is InChI=1S/C54H33N7/c1-5-16-34(17-6-1)35-28-30-39(31-29-35)52-56-51(38-22-11-4-12-23-38)59-54(60-52)61-45-27-15-26-42-40-24-13-14-25-41(40)43-32-33-44(48(61)47(43)46(42)45)53-57-49(36-18-7-2-8-19-36)55-50(58-53)37-20-9-3-10-21-37/h1-33H/i1D,2D,3D,4D,5D,6D,7D,8D,9D,10D,11D,12D,16D,17D,18D,19D,20D,21D,22D,23D,28D,29D,30D,31D. The third kappa shape index (κ3) is 5.82. The molecule has 0 saturated heterocycles. The van der Waals surface area contributed by atoms with E-state index in [4.69, 9.17) is 47.4 Å². The van der Waals surface area contributed by atoms with E-state index < -0.39 is 213 Å². The molecule has 3 heterocycles. The molecular weight excluding hydrogens is 747 g/mol. The van der Waals surface area contributed by atoms with Gasteiger partial charge in [-0.25, -0.2) is 19.9 Å². The van der Waals surface area contributed by atoms with Gasteiger partial charge in [-0.2, -0.15) is 9.97 Å². The van der Waals surface area contributed by atoms with Crippen molar-refractivity contribution in [1.82, 2.24) is 34.5 Å². The number of nitrogens with zero attached hydrogens (tertiary/aromatic N) is 7. The van der Waals surface area contributed by atoms with E-state index in [0.717, 1.165) is 5.39 Å². The molecule has 0 aliphatic heterocycles. The predicted octanol–water partition coefficient (Wildman–Crippen LogP) is 12.9. The molecule has 12 rings (SSSR count). The summed E-state index contributed by atoms with van der Waals surface area (Å²) in [6.45, 7) is 0. The topological polar surface area (TPSA) is 82.3 Å². The Bertz CT molecular complexity index is 4800. The summed E-state index contributed by atoms with van der Waals surface area (Å²) in [6.07, 6.45) is 0. The van der Waals surface area contributed by atoms with Gasteiger partial charge in [0.1, 0.15) is 0 Å². The Morgan fingerprint density at radius 1 is 0.328 bits per heavy atom. The highest BCUT2D eigenvalue weighted by Crippen LogP contribution is 2.46. The second-order valence-electron chi connectivity index (χ2n) is 13.3. The molecule has 7 heteroatoms. The zero-order chi connectivity index (χ0) is 61.2. The summed E-state index contributed by atoms with van der Waals surface area (Å²) in [5, 5.41) is 3.60. The van der Waals surface area contributed by atoms with Crippen LogP contribution in [0.3, 0.4) is 0 Å². The zero-order valence-corrected chi connectivity index (χ0v) is 30.8. The van der Waals surface area contributed by atoms with Crippen LogP contribution >= 0.6 is 0 Å². The number of hydrogen-bond acceptors (Lipinski definition) is 6. The van der Waals surface area contributed by atoms with Crippen LogP contribution in [0.25, 0.3) is 117 Å². The van der Waals surface area contributed by atoms with Gasteiger partial charge in [-0.15, -0.1) is 0 Å². The van der Waals surface area contributed by atoms with Crippen molar-refractivity contribution in [2.75, 3.05) is 0 Å². The number of rotatable bonds is 7. The van der Waals surface area contributed by atoms with Crippen LogP contribution in [0.5, 0.6) is 0 Å². The van der Waals surface area contributed by atoms with Gasteiger partial charge < -0.3 is 0 Å². The smallest absolute Gasteiger partial charge is 0.238 e. The van der Waals surface area contributed by atoms with Gasteiger partial charge in [0.15, 0.2) is 29.1 Å². The molecular formula is C54H33N7. The zero-order valence-electron chi connectivity index (χ0n) is 54.8. The van der Waals surface area contributed by atoms with Gasteiger partial charge in [0.05, 0.1) is 43.9 Å². The average molecular weight is 804 g/mol. The molecule has 0 saturated carbocycles. The van der Waals surface area contributed by atoms with Crippen molar-refractivity contribution >= 4 is 43.4 Å². The molecule has 0 unspecified atom stereocenters. The highest BCUT2D eigenvalue weighted by atomic mass is 15.2. The molecule has 0 spiro atoms. The van der Waals surface area contributed by atoms with Gasteiger partial charge in [-0.1, -0.05) is 187 Å². The first kappa shape index (κ1) is 18.2. The van der Waals surface area contributed by atoms with Crippen LogP contribution in [0.4, 0.5) is 0 Å². The summed E-state index contributed by atoms with van der Waals surface area (Å²) in [4.78, 5) is 28.1. The van der Waals surface area contributed by atoms with Crippen LogP contribution in [0.2, 0.25) is 0 Å². The lowest BCUT2D eigenvalue weighted by Crippen LogP contribution is -2.07. The number of benzene rings is 9. The summed E-state index contributed by atoms with van der Waals surface area (Å²) in [6, 6.07) is -3.68. The summed E-state index contributed by atoms with van der Waals surface area (Å²) in [5.74, 6) is -3.40. The van der Waals surface area contributed by atoms with E-state index in [1.165, 1.54) is 4.57 Å². The molecule has 0 aliphatic rings. The van der Waals surface area contributed by atoms with Gasteiger partial charge in [-0.3, -0.25) is 4.57 Å². The van der Waals surface area contributed by atoms with E-state index >= 15 is 0 Å². The number of aromatic nitrogens is 7. The normalized spacial score (nSPS) is 17.1. The van der Waals surface area contributed by atoms with Crippen molar-refractivity contribution in [3.05, 3.63) is 200 Å². The maximum Gasteiger partial charge on any atom is 0.238 e. The Morgan fingerprint density at radius 2 is 0.738 bits per heavy atom. The lowest BCUT2D eigenvalue weighted by molar-refractivity contribution is 0.953. The van der Waals surface area contributed by atoms with Gasteiger partial charge >= 0.3 is 0 Å². The van der Waals surface area contributed by atoms with E-state index in [1.807, 2.05) is 24.3 Å². The Morgan fingerprint density at radius 3 is 1.28 bits per heavy atom. The van der Waals surface area contributed by atoms with E-state index in [2.05, 4.69) is 9.97 Å². The molecule has 0 aliphatic carbocycles. The fraction of sp³-hybridized carbons (Fsp3) is 0. The lowest BCUT2D eigenvalue weighted by Gasteiger charge is -2.14. The van der Waals surface area contributed by atoms with Crippen LogP contribution in [-0.4, -0.2) is 34.5 Å². The van der Waals surface area contributed by atoms with Crippen molar-refractivity contribution in [2.24, 2.45) is 0 Å². The monoisotopic (exact) mass is 803 g/mol. The molecule has 0 bridgehead atoms. The third-order valence-electron chi connectivity index (χ3n) is 9.91. The summed E-state index contributed by atoms with van der Waals surface area (Å²) < 4.78 is 212. The molecule has 0 N–H and O–H groups in total. The van der Waals surface area contributed by atoms with Gasteiger partial charge in [0.2, 0.25) is 5.95 Å². The third-order valence-corrected chi connectivity index (χ3v) is 9.91. The average Bonchev–Trinajstić information content (AvgIpc) is 1.59. The van der Waals surface area contributed by atoms with E-state index in [9.17, 15) is 5.48 Å². The molecule has 61 heavy (non-hydrogen) atoms. The van der Waals surface area contributed by atoms with Crippen molar-refractivity contribution in [2.45, 2.75) is 0 Å². The minimum atomic E-state index is -0.905. The van der Waals surface area contributed by atoms with Crippen LogP contribution in [0.1, 0.15) is 32.9 Å². The summed E-state index contributed by atoms with van der Waals surface area (Å²) in [5.41, 5.74) is -3.37. The second-order valence-corrected chi connectivity index (χ2v) is 13.3. The Balaban J connectivity index is 1.26. The van der Waals surface area contributed by atoms with Crippen molar-refractivity contribution < 1.29 is 32.9 Å². The first-order valence-corrected chi connectivity index (χ1v) is 18.3. The van der Waals surface area contributed by atoms with Gasteiger partial charge in [0, 0.05) is 38.6 Å². The van der Waals surface area contributed by atoms with Crippen LogP contribution in [0, 0.1) is 0 Å². The van der Waals surface area contributed by atoms with Crippen molar-refractivity contribution in [1.29, 1.82) is 0 Å². The summed E-state index contributed by atoms with van der Waals surface area (Å²) in [7, 11) is 0. The van der Waals surface area contributed by atoms with E-state index in [-0.39, 0.29) is 16.6 Å². The summed E-state index contributed by atoms with van der Waals surface area (Å²) >= 11 is 0. The largest absolute Gasteiger partial charge is 0.277 e. The molecule has 7 nitrogen and oxygen atoms in total. The molecule has 0 amide bonds. The maximum absolute atomic E-state index is 9.46. The van der Waals surface area contributed by atoms with E-state index in [1.54, 1.807) is 30.3 Å². The minimum absolute atomic E-state index is 0.0107. The number of fused-ring (bicyclic) bond motifs is 3. The molecule has 284 valence electrons. The van der Waals surface area contributed by atoms with Gasteiger partial charge in [0.25, 0.3) is 0 Å². The Kier molecular flexibility index (Phi) is 4.23. The molecule has 0 radical (unpaired) electrons. The Labute approximate surface area is 384 Å². The molecule has 0 atom stereocenters. The van der Waals surface area contributed by atoms with E-state index in [0.29, 0.717) is 26.9 Å². The highest BCUT2D eigenvalue weighted by molar-refractivity contribution is 6.35. The van der Waals surface area contributed by atoms with Crippen molar-refractivity contribution in [3.8, 4) is 74.0 Å². The van der Waals surface area contributed by atoms with Crippen LogP contribution in [0.15, 0.2) is 200 Å². The SMILES string of the molecule is [2H]c1c([2H])c([2H])c(-c2nc(-c3c([2H])c([2H])c([2H])c([2H])c3[2H])nc(-c3ccc4c5ccccc5c5cccc6c5c4c3n6-c3nc(-c4c([2H])c([2H])c([2H])c([2H])c4[2H])nc(-c4c([2H])c([2H])c(-c5c([2H])c([2H])c([2H])c([2H])c5[2H])c([2H])c4[2H])n3)n2)c([2H])c1[2H]. The number of hydrogen-bond donors (Lipinski definition) is 0. The van der Waals surface area contributed by atoms with Crippen LogP contribution in [-0.2, 0) is 0 Å². The first-order chi connectivity index (χ1) is 40.2. The maximum atomic E-state index is 9.46.